The molecule has 0 aliphatic carbocycles. The van der Waals surface area contributed by atoms with Crippen molar-refractivity contribution in [2.75, 3.05) is 6.61 Å². The van der Waals surface area contributed by atoms with E-state index < -0.39 is 0 Å². The predicted octanol–water partition coefficient (Wildman–Crippen LogP) is 4.92. The molecule has 1 N–H and O–H groups in total. The molecule has 5 nitrogen and oxygen atoms in total. The zero-order valence-electron chi connectivity index (χ0n) is 17.2. The minimum atomic E-state index is -0.318. The largest absolute Gasteiger partial charge is 0.489 e. The lowest BCUT2D eigenvalue weighted by Gasteiger charge is -2.13. The number of carbonyl (C=O) groups excluding carboxylic acids is 1. The summed E-state index contributed by atoms with van der Waals surface area (Å²) in [6, 6.07) is 25.2. The second-order valence-corrected chi connectivity index (χ2v) is 7.12. The first-order valence-corrected chi connectivity index (χ1v) is 9.92. The number of hydrogen-bond acceptors (Lipinski definition) is 4. The SMILES string of the molecule is CC(C)c1ccccc1OCC(=O)NN=Cc1cccc(OCc2ccccc2)c1. The number of carbonyl (C=O) groups is 1. The Hall–Kier alpha value is -3.60. The van der Waals surface area contributed by atoms with E-state index in [0.29, 0.717) is 12.5 Å². The smallest absolute Gasteiger partial charge is 0.277 e. The van der Waals surface area contributed by atoms with Gasteiger partial charge < -0.3 is 9.47 Å². The molecule has 0 aromatic heterocycles. The van der Waals surface area contributed by atoms with Gasteiger partial charge in [-0.15, -0.1) is 0 Å². The van der Waals surface area contributed by atoms with Gasteiger partial charge >= 0.3 is 0 Å². The van der Waals surface area contributed by atoms with E-state index in [9.17, 15) is 4.79 Å². The van der Waals surface area contributed by atoms with Crippen LogP contribution in [-0.4, -0.2) is 18.7 Å². The van der Waals surface area contributed by atoms with Crippen molar-refractivity contribution in [3.63, 3.8) is 0 Å². The standard InChI is InChI=1S/C25H26N2O3/c1-19(2)23-13-6-7-14-24(23)30-18-25(28)27-26-16-21-11-8-12-22(15-21)29-17-20-9-4-3-5-10-20/h3-16,19H,17-18H2,1-2H3,(H,27,28). The zero-order chi connectivity index (χ0) is 21.2. The summed E-state index contributed by atoms with van der Waals surface area (Å²) in [5.74, 6) is 1.46. The summed E-state index contributed by atoms with van der Waals surface area (Å²) >= 11 is 0. The summed E-state index contributed by atoms with van der Waals surface area (Å²) in [4.78, 5) is 12.0. The Morgan fingerprint density at radius 1 is 0.967 bits per heavy atom. The van der Waals surface area contributed by atoms with Crippen LogP contribution in [0.15, 0.2) is 84.0 Å². The molecule has 1 amide bonds. The molecule has 5 heteroatoms. The van der Waals surface area contributed by atoms with Gasteiger partial charge in [0, 0.05) is 0 Å². The van der Waals surface area contributed by atoms with Gasteiger partial charge in [-0.05, 0) is 40.8 Å². The Kier molecular flexibility index (Phi) is 7.61. The fourth-order valence-electron chi connectivity index (χ4n) is 2.87. The molecule has 0 atom stereocenters. The molecule has 0 aliphatic rings. The molecule has 3 rings (SSSR count). The van der Waals surface area contributed by atoms with Crippen molar-refractivity contribution >= 4 is 12.1 Å². The van der Waals surface area contributed by atoms with Crippen LogP contribution in [-0.2, 0) is 11.4 Å². The molecule has 0 aliphatic heterocycles. The summed E-state index contributed by atoms with van der Waals surface area (Å²) in [6.45, 7) is 4.57. The van der Waals surface area contributed by atoms with E-state index in [2.05, 4.69) is 24.4 Å². The van der Waals surface area contributed by atoms with E-state index in [1.807, 2.05) is 78.9 Å². The zero-order valence-corrected chi connectivity index (χ0v) is 17.2. The van der Waals surface area contributed by atoms with Crippen molar-refractivity contribution in [3.8, 4) is 11.5 Å². The topological polar surface area (TPSA) is 59.9 Å². The highest BCUT2D eigenvalue weighted by Gasteiger charge is 2.08. The second-order valence-electron chi connectivity index (χ2n) is 7.12. The Morgan fingerprint density at radius 2 is 1.73 bits per heavy atom. The van der Waals surface area contributed by atoms with Crippen molar-refractivity contribution < 1.29 is 14.3 Å². The Balaban J connectivity index is 1.48. The highest BCUT2D eigenvalue weighted by molar-refractivity contribution is 5.83. The summed E-state index contributed by atoms with van der Waals surface area (Å²) in [5, 5.41) is 4.01. The van der Waals surface area contributed by atoms with Gasteiger partial charge in [0.05, 0.1) is 6.21 Å². The fraction of sp³-hybridized carbons (Fsp3) is 0.200. The number of para-hydroxylation sites is 1. The van der Waals surface area contributed by atoms with Crippen LogP contribution in [0.1, 0.15) is 36.5 Å². The van der Waals surface area contributed by atoms with Crippen LogP contribution in [0.2, 0.25) is 0 Å². The lowest BCUT2D eigenvalue weighted by Crippen LogP contribution is -2.24. The minimum absolute atomic E-state index is 0.0959. The summed E-state index contributed by atoms with van der Waals surface area (Å²) in [5.41, 5.74) is 5.49. The monoisotopic (exact) mass is 402 g/mol. The molecule has 3 aromatic rings. The van der Waals surface area contributed by atoms with Crippen LogP contribution >= 0.6 is 0 Å². The lowest BCUT2D eigenvalue weighted by atomic mass is 10.0. The Labute approximate surface area is 177 Å². The molecule has 0 saturated carbocycles. The molecule has 154 valence electrons. The average Bonchev–Trinajstić information content (AvgIpc) is 2.77. The van der Waals surface area contributed by atoms with E-state index in [-0.39, 0.29) is 12.5 Å². The molecule has 30 heavy (non-hydrogen) atoms. The van der Waals surface area contributed by atoms with Gasteiger partial charge in [0.25, 0.3) is 5.91 Å². The van der Waals surface area contributed by atoms with Crippen molar-refractivity contribution in [1.29, 1.82) is 0 Å². The van der Waals surface area contributed by atoms with Gasteiger partial charge in [-0.2, -0.15) is 5.10 Å². The first-order chi connectivity index (χ1) is 14.6. The maximum atomic E-state index is 12.0. The number of rotatable bonds is 9. The van der Waals surface area contributed by atoms with Crippen LogP contribution in [0.3, 0.4) is 0 Å². The summed E-state index contributed by atoms with van der Waals surface area (Å²) in [7, 11) is 0. The van der Waals surface area contributed by atoms with Gasteiger partial charge in [0.1, 0.15) is 18.1 Å². The van der Waals surface area contributed by atoms with E-state index in [0.717, 1.165) is 28.2 Å². The number of benzene rings is 3. The van der Waals surface area contributed by atoms with Crippen LogP contribution < -0.4 is 14.9 Å². The third kappa shape index (κ3) is 6.48. The molecule has 0 bridgehead atoms. The predicted molar refractivity (Wildman–Crippen MR) is 119 cm³/mol. The Morgan fingerprint density at radius 3 is 2.53 bits per heavy atom. The highest BCUT2D eigenvalue weighted by atomic mass is 16.5. The van der Waals surface area contributed by atoms with Gasteiger partial charge in [0.15, 0.2) is 6.61 Å². The first-order valence-electron chi connectivity index (χ1n) is 9.92. The van der Waals surface area contributed by atoms with Gasteiger partial charge in [-0.3, -0.25) is 4.79 Å². The number of amides is 1. The van der Waals surface area contributed by atoms with E-state index in [4.69, 9.17) is 9.47 Å². The van der Waals surface area contributed by atoms with Crippen LogP contribution in [0.4, 0.5) is 0 Å². The van der Waals surface area contributed by atoms with Gasteiger partial charge in [-0.25, -0.2) is 5.43 Å². The quantitative estimate of drug-likeness (QED) is 0.408. The maximum Gasteiger partial charge on any atom is 0.277 e. The molecular formula is C25H26N2O3. The molecule has 0 saturated heterocycles. The number of ether oxygens (including phenoxy) is 2. The molecule has 0 fully saturated rings. The minimum Gasteiger partial charge on any atom is -0.489 e. The molecule has 0 heterocycles. The number of nitrogens with one attached hydrogen (secondary N) is 1. The maximum absolute atomic E-state index is 12.0. The molecule has 0 spiro atoms. The van der Waals surface area contributed by atoms with Crippen molar-refractivity contribution in [1.82, 2.24) is 5.43 Å². The van der Waals surface area contributed by atoms with Crippen LogP contribution in [0.25, 0.3) is 0 Å². The van der Waals surface area contributed by atoms with E-state index in [1.54, 1.807) is 6.21 Å². The lowest BCUT2D eigenvalue weighted by molar-refractivity contribution is -0.123. The van der Waals surface area contributed by atoms with Crippen molar-refractivity contribution in [2.45, 2.75) is 26.4 Å². The molecule has 0 unspecified atom stereocenters. The third-order valence-electron chi connectivity index (χ3n) is 4.41. The number of hydrazone groups is 1. The van der Waals surface area contributed by atoms with Crippen LogP contribution in [0.5, 0.6) is 11.5 Å². The summed E-state index contributed by atoms with van der Waals surface area (Å²) < 4.78 is 11.5. The van der Waals surface area contributed by atoms with Crippen molar-refractivity contribution in [3.05, 3.63) is 95.6 Å². The van der Waals surface area contributed by atoms with Gasteiger partial charge in [0.2, 0.25) is 0 Å². The van der Waals surface area contributed by atoms with Crippen LogP contribution in [0, 0.1) is 0 Å². The van der Waals surface area contributed by atoms with E-state index >= 15 is 0 Å². The normalized spacial score (nSPS) is 10.9. The molecule has 0 radical (unpaired) electrons. The first kappa shape index (κ1) is 21.1. The molecule has 3 aromatic carbocycles. The van der Waals surface area contributed by atoms with E-state index in [1.165, 1.54) is 0 Å². The third-order valence-corrected chi connectivity index (χ3v) is 4.41. The fourth-order valence-corrected chi connectivity index (χ4v) is 2.87. The molecular weight excluding hydrogens is 376 g/mol. The number of hydrogen-bond donors (Lipinski definition) is 1. The number of nitrogens with zero attached hydrogens (tertiary/aromatic N) is 1. The second kappa shape index (κ2) is 10.8. The highest BCUT2D eigenvalue weighted by Crippen LogP contribution is 2.25. The van der Waals surface area contributed by atoms with Crippen molar-refractivity contribution in [2.24, 2.45) is 5.10 Å². The summed E-state index contributed by atoms with van der Waals surface area (Å²) in [6.07, 6.45) is 1.58. The van der Waals surface area contributed by atoms with Gasteiger partial charge in [-0.1, -0.05) is 74.5 Å². The Bertz CT molecular complexity index is 984. The average molecular weight is 402 g/mol.